The van der Waals surface area contributed by atoms with Gasteiger partial charge in [-0.3, -0.25) is 0 Å². The summed E-state index contributed by atoms with van der Waals surface area (Å²) in [6.07, 6.45) is 6.65. The minimum atomic E-state index is -0.360. The first-order valence-corrected chi connectivity index (χ1v) is 6.01. The summed E-state index contributed by atoms with van der Waals surface area (Å²) in [5.41, 5.74) is -0.360. The zero-order chi connectivity index (χ0) is 10.0. The van der Waals surface area contributed by atoms with Crippen LogP contribution < -0.4 is 0 Å². The molecule has 82 valence electrons. The Morgan fingerprint density at radius 1 is 1.21 bits per heavy atom. The summed E-state index contributed by atoms with van der Waals surface area (Å²) in [5, 5.41) is 10.6. The molecule has 0 aromatic heterocycles. The van der Waals surface area contributed by atoms with Gasteiger partial charge in [-0.2, -0.15) is 0 Å². The zero-order valence-electron chi connectivity index (χ0n) is 9.17. The number of rotatable bonds is 1. The molecule has 0 aromatic rings. The Morgan fingerprint density at radius 3 is 2.57 bits per heavy atom. The normalized spacial score (nSPS) is 41.1. The van der Waals surface area contributed by atoms with Crippen LogP contribution in [0.15, 0.2) is 0 Å². The fourth-order valence-corrected chi connectivity index (χ4v) is 3.17. The molecule has 1 N–H and O–H groups in total. The summed E-state index contributed by atoms with van der Waals surface area (Å²) in [6, 6.07) is 0. The van der Waals surface area contributed by atoms with Gasteiger partial charge < -0.3 is 9.84 Å². The average Bonchev–Trinajstić information content (AvgIpc) is 2.19. The highest BCUT2D eigenvalue weighted by atomic mass is 16.5. The lowest BCUT2D eigenvalue weighted by atomic mass is 9.69. The summed E-state index contributed by atoms with van der Waals surface area (Å²) in [6.45, 7) is 3.96. The molecule has 2 fully saturated rings. The molecule has 2 atom stereocenters. The van der Waals surface area contributed by atoms with E-state index in [9.17, 15) is 5.11 Å². The highest BCUT2D eigenvalue weighted by molar-refractivity contribution is 4.91. The van der Waals surface area contributed by atoms with Crippen LogP contribution in [0.1, 0.15) is 45.4 Å². The number of aliphatic hydroxyl groups is 1. The molecular weight excluding hydrogens is 176 g/mol. The Balaban J connectivity index is 1.98. The van der Waals surface area contributed by atoms with Gasteiger partial charge >= 0.3 is 0 Å². The molecule has 1 heterocycles. The minimum absolute atomic E-state index is 0.360. The van der Waals surface area contributed by atoms with Crippen LogP contribution in [0.5, 0.6) is 0 Å². The Bertz CT molecular complexity index is 187. The zero-order valence-corrected chi connectivity index (χ0v) is 9.17. The second-order valence-corrected chi connectivity index (χ2v) is 5.19. The van der Waals surface area contributed by atoms with Crippen molar-refractivity contribution < 1.29 is 9.84 Å². The van der Waals surface area contributed by atoms with Crippen molar-refractivity contribution in [2.75, 3.05) is 13.2 Å². The SMILES string of the molecule is CC1CCCC(O)(C2CCOCC2)C1. The lowest BCUT2D eigenvalue weighted by Gasteiger charge is -2.43. The third-order valence-electron chi connectivity index (χ3n) is 3.99. The van der Waals surface area contributed by atoms with E-state index in [4.69, 9.17) is 4.74 Å². The van der Waals surface area contributed by atoms with Gasteiger partial charge in [0.15, 0.2) is 0 Å². The Labute approximate surface area is 86.6 Å². The number of hydrogen-bond acceptors (Lipinski definition) is 2. The van der Waals surface area contributed by atoms with Crippen LogP contribution in [0.25, 0.3) is 0 Å². The van der Waals surface area contributed by atoms with Crippen molar-refractivity contribution in [1.82, 2.24) is 0 Å². The summed E-state index contributed by atoms with van der Waals surface area (Å²) in [7, 11) is 0. The van der Waals surface area contributed by atoms with Crippen LogP contribution in [0.2, 0.25) is 0 Å². The van der Waals surface area contributed by atoms with Crippen molar-refractivity contribution in [2.24, 2.45) is 11.8 Å². The van der Waals surface area contributed by atoms with Crippen LogP contribution in [0.4, 0.5) is 0 Å². The van der Waals surface area contributed by atoms with Crippen molar-refractivity contribution >= 4 is 0 Å². The first-order valence-electron chi connectivity index (χ1n) is 6.01. The minimum Gasteiger partial charge on any atom is -0.390 e. The maximum atomic E-state index is 10.6. The number of ether oxygens (including phenoxy) is 1. The second-order valence-electron chi connectivity index (χ2n) is 5.19. The highest BCUT2D eigenvalue weighted by Gasteiger charge is 2.40. The molecule has 1 saturated carbocycles. The molecule has 2 rings (SSSR count). The standard InChI is InChI=1S/C12H22O2/c1-10-3-2-6-12(13,9-10)11-4-7-14-8-5-11/h10-11,13H,2-9H2,1H3. The molecule has 2 nitrogen and oxygen atoms in total. The fraction of sp³-hybridized carbons (Fsp3) is 1.00. The van der Waals surface area contributed by atoms with E-state index in [0.717, 1.165) is 38.9 Å². The third-order valence-corrected chi connectivity index (χ3v) is 3.99. The van der Waals surface area contributed by atoms with Gasteiger partial charge in [0.1, 0.15) is 0 Å². The summed E-state index contributed by atoms with van der Waals surface area (Å²) in [5.74, 6) is 1.20. The molecule has 1 aliphatic carbocycles. The van der Waals surface area contributed by atoms with Crippen LogP contribution in [-0.2, 0) is 4.74 Å². The quantitative estimate of drug-likeness (QED) is 0.701. The molecule has 2 heteroatoms. The predicted octanol–water partition coefficient (Wildman–Crippen LogP) is 2.35. The summed E-state index contributed by atoms with van der Waals surface area (Å²) < 4.78 is 5.35. The molecule has 2 unspecified atom stereocenters. The van der Waals surface area contributed by atoms with Crippen molar-refractivity contribution in [3.05, 3.63) is 0 Å². The molecular formula is C12H22O2. The van der Waals surface area contributed by atoms with Gasteiger partial charge in [-0.15, -0.1) is 0 Å². The van der Waals surface area contributed by atoms with Gasteiger partial charge in [-0.1, -0.05) is 19.8 Å². The molecule has 1 aliphatic heterocycles. The Morgan fingerprint density at radius 2 is 1.93 bits per heavy atom. The molecule has 1 saturated heterocycles. The predicted molar refractivity (Wildman–Crippen MR) is 56.1 cm³/mol. The first-order chi connectivity index (χ1) is 6.71. The van der Waals surface area contributed by atoms with Gasteiger partial charge in [0.2, 0.25) is 0 Å². The van der Waals surface area contributed by atoms with E-state index in [2.05, 4.69) is 6.92 Å². The van der Waals surface area contributed by atoms with E-state index in [1.165, 1.54) is 12.8 Å². The smallest absolute Gasteiger partial charge is 0.0680 e. The van der Waals surface area contributed by atoms with Crippen molar-refractivity contribution in [3.8, 4) is 0 Å². The first kappa shape index (κ1) is 10.4. The summed E-state index contributed by atoms with van der Waals surface area (Å²) in [4.78, 5) is 0. The second kappa shape index (κ2) is 4.19. The largest absolute Gasteiger partial charge is 0.390 e. The van der Waals surface area contributed by atoms with Crippen molar-refractivity contribution in [3.63, 3.8) is 0 Å². The maximum Gasteiger partial charge on any atom is 0.0680 e. The highest BCUT2D eigenvalue weighted by Crippen LogP contribution is 2.41. The van der Waals surface area contributed by atoms with Crippen molar-refractivity contribution in [2.45, 2.75) is 51.0 Å². The fourth-order valence-electron chi connectivity index (χ4n) is 3.17. The third kappa shape index (κ3) is 2.12. The van der Waals surface area contributed by atoms with Crippen LogP contribution in [-0.4, -0.2) is 23.9 Å². The van der Waals surface area contributed by atoms with Crippen LogP contribution in [0.3, 0.4) is 0 Å². The van der Waals surface area contributed by atoms with Crippen LogP contribution in [0, 0.1) is 11.8 Å². The lowest BCUT2D eigenvalue weighted by Crippen LogP contribution is -2.44. The molecule has 14 heavy (non-hydrogen) atoms. The molecule has 0 amide bonds. The topological polar surface area (TPSA) is 29.5 Å². The Kier molecular flexibility index (Phi) is 3.13. The Hall–Kier alpha value is -0.0800. The van der Waals surface area contributed by atoms with Gasteiger partial charge in [-0.25, -0.2) is 0 Å². The maximum absolute atomic E-state index is 10.6. The van der Waals surface area contributed by atoms with E-state index in [1.807, 2.05) is 0 Å². The van der Waals surface area contributed by atoms with E-state index in [1.54, 1.807) is 0 Å². The summed E-state index contributed by atoms with van der Waals surface area (Å²) >= 11 is 0. The molecule has 2 aliphatic rings. The molecule has 0 radical (unpaired) electrons. The van der Waals surface area contributed by atoms with E-state index in [-0.39, 0.29) is 5.60 Å². The monoisotopic (exact) mass is 198 g/mol. The number of hydrogen-bond donors (Lipinski definition) is 1. The average molecular weight is 198 g/mol. The van der Waals surface area contributed by atoms with Crippen molar-refractivity contribution in [1.29, 1.82) is 0 Å². The van der Waals surface area contributed by atoms with Crippen LogP contribution >= 0.6 is 0 Å². The van der Waals surface area contributed by atoms with E-state index in [0.29, 0.717) is 11.8 Å². The van der Waals surface area contributed by atoms with Gasteiger partial charge in [0.05, 0.1) is 5.60 Å². The molecule has 0 aromatic carbocycles. The van der Waals surface area contributed by atoms with E-state index >= 15 is 0 Å². The van der Waals surface area contributed by atoms with Gasteiger partial charge in [-0.05, 0) is 37.5 Å². The van der Waals surface area contributed by atoms with E-state index < -0.39 is 0 Å². The molecule has 0 spiro atoms. The lowest BCUT2D eigenvalue weighted by molar-refractivity contribution is -0.0959. The van der Waals surface area contributed by atoms with Gasteiger partial charge in [0, 0.05) is 13.2 Å². The van der Waals surface area contributed by atoms with Gasteiger partial charge in [0.25, 0.3) is 0 Å². The molecule has 0 bridgehead atoms.